The lowest BCUT2D eigenvalue weighted by molar-refractivity contribution is -0.142. The van der Waals surface area contributed by atoms with Crippen LogP contribution in [0.4, 0.5) is 0 Å². The molecule has 2 aliphatic heterocycles. The van der Waals surface area contributed by atoms with Crippen molar-refractivity contribution in [2.75, 3.05) is 33.4 Å². The second kappa shape index (κ2) is 9.41. The predicted octanol–water partition coefficient (Wildman–Crippen LogP) is 2.65. The SMILES string of the molecule is CCC(=O)N1CCCCC1C(=O)NCC1(c2ccc(OC)cc2)CCOCC1. The maximum Gasteiger partial charge on any atom is 0.242 e. The highest BCUT2D eigenvalue weighted by atomic mass is 16.5. The van der Waals surface area contributed by atoms with Gasteiger partial charge in [0.2, 0.25) is 11.8 Å². The molecule has 0 bridgehead atoms. The minimum Gasteiger partial charge on any atom is -0.497 e. The summed E-state index contributed by atoms with van der Waals surface area (Å²) >= 11 is 0. The molecular weight excluding hydrogens is 356 g/mol. The van der Waals surface area contributed by atoms with Gasteiger partial charge in [-0.1, -0.05) is 19.1 Å². The number of carbonyl (C=O) groups is 2. The fourth-order valence-corrected chi connectivity index (χ4v) is 4.35. The van der Waals surface area contributed by atoms with Crippen LogP contribution in [0, 0.1) is 0 Å². The van der Waals surface area contributed by atoms with Gasteiger partial charge in [0.1, 0.15) is 11.8 Å². The standard InChI is InChI=1S/C22H32N2O4/c1-3-20(25)24-13-5-4-6-19(24)21(26)23-16-22(11-14-28-15-12-22)17-7-9-18(27-2)10-8-17/h7-10,19H,3-6,11-16H2,1-2H3,(H,23,26). The van der Waals surface area contributed by atoms with Crippen molar-refractivity contribution in [2.24, 2.45) is 0 Å². The van der Waals surface area contributed by atoms with E-state index in [-0.39, 0.29) is 23.3 Å². The van der Waals surface area contributed by atoms with Crippen LogP contribution in [-0.4, -0.2) is 56.2 Å². The van der Waals surface area contributed by atoms with E-state index in [1.165, 1.54) is 5.56 Å². The smallest absolute Gasteiger partial charge is 0.242 e. The van der Waals surface area contributed by atoms with Crippen LogP contribution in [0.5, 0.6) is 5.75 Å². The summed E-state index contributed by atoms with van der Waals surface area (Å²) in [7, 11) is 1.66. The number of ether oxygens (including phenoxy) is 2. The van der Waals surface area contributed by atoms with Crippen LogP contribution in [-0.2, 0) is 19.7 Å². The molecular formula is C22H32N2O4. The zero-order valence-corrected chi connectivity index (χ0v) is 17.0. The Bertz CT molecular complexity index is 668. The third kappa shape index (κ3) is 4.49. The van der Waals surface area contributed by atoms with Crippen molar-refractivity contribution in [1.29, 1.82) is 0 Å². The lowest BCUT2D eigenvalue weighted by Gasteiger charge is -2.39. The molecule has 6 heteroatoms. The first kappa shape index (κ1) is 20.6. The van der Waals surface area contributed by atoms with Crippen molar-refractivity contribution in [2.45, 2.75) is 56.9 Å². The molecule has 1 aromatic carbocycles. The molecule has 3 rings (SSSR count). The molecule has 2 saturated heterocycles. The molecule has 0 spiro atoms. The number of hydrogen-bond acceptors (Lipinski definition) is 4. The Morgan fingerprint density at radius 3 is 2.57 bits per heavy atom. The van der Waals surface area contributed by atoms with E-state index in [2.05, 4.69) is 17.4 Å². The molecule has 6 nitrogen and oxygen atoms in total. The summed E-state index contributed by atoms with van der Waals surface area (Å²) in [5, 5.41) is 3.18. The first-order chi connectivity index (χ1) is 13.6. The third-order valence-corrected chi connectivity index (χ3v) is 6.18. The van der Waals surface area contributed by atoms with Crippen LogP contribution in [0.3, 0.4) is 0 Å². The Labute approximate surface area is 167 Å². The summed E-state index contributed by atoms with van der Waals surface area (Å²) in [6.07, 6.45) is 4.88. The van der Waals surface area contributed by atoms with Crippen molar-refractivity contribution in [3.05, 3.63) is 29.8 Å². The normalized spacial score (nSPS) is 21.8. The quantitative estimate of drug-likeness (QED) is 0.814. The van der Waals surface area contributed by atoms with E-state index in [4.69, 9.17) is 9.47 Å². The third-order valence-electron chi connectivity index (χ3n) is 6.18. The van der Waals surface area contributed by atoms with Crippen molar-refractivity contribution in [1.82, 2.24) is 10.2 Å². The number of likely N-dealkylation sites (tertiary alicyclic amines) is 1. The molecule has 1 aromatic rings. The summed E-state index contributed by atoms with van der Waals surface area (Å²) in [5.41, 5.74) is 1.05. The first-order valence-electron chi connectivity index (χ1n) is 10.4. The molecule has 1 atom stereocenters. The van der Waals surface area contributed by atoms with Gasteiger partial charge in [0, 0.05) is 38.1 Å². The van der Waals surface area contributed by atoms with Crippen molar-refractivity contribution in [3.63, 3.8) is 0 Å². The van der Waals surface area contributed by atoms with E-state index in [1.807, 2.05) is 19.1 Å². The van der Waals surface area contributed by atoms with E-state index >= 15 is 0 Å². The molecule has 154 valence electrons. The number of nitrogens with zero attached hydrogens (tertiary/aromatic N) is 1. The fraction of sp³-hybridized carbons (Fsp3) is 0.636. The Morgan fingerprint density at radius 2 is 1.93 bits per heavy atom. The highest BCUT2D eigenvalue weighted by Gasteiger charge is 2.37. The maximum absolute atomic E-state index is 13.0. The lowest BCUT2D eigenvalue weighted by atomic mass is 9.74. The number of rotatable bonds is 6. The minimum atomic E-state index is -0.339. The van der Waals surface area contributed by atoms with Crippen molar-refractivity contribution < 1.29 is 19.1 Å². The number of nitrogens with one attached hydrogen (secondary N) is 1. The lowest BCUT2D eigenvalue weighted by Crippen LogP contribution is -2.54. The average Bonchev–Trinajstić information content (AvgIpc) is 2.77. The molecule has 1 N–H and O–H groups in total. The monoisotopic (exact) mass is 388 g/mol. The molecule has 0 saturated carbocycles. The second-order valence-corrected chi connectivity index (χ2v) is 7.79. The number of piperidine rings is 1. The van der Waals surface area contributed by atoms with Crippen LogP contribution >= 0.6 is 0 Å². The van der Waals surface area contributed by atoms with Gasteiger partial charge < -0.3 is 19.7 Å². The van der Waals surface area contributed by atoms with Gasteiger partial charge in [-0.15, -0.1) is 0 Å². The molecule has 2 fully saturated rings. The Hall–Kier alpha value is -2.08. The van der Waals surface area contributed by atoms with Crippen LogP contribution in [0.25, 0.3) is 0 Å². The van der Waals surface area contributed by atoms with Gasteiger partial charge >= 0.3 is 0 Å². The Balaban J connectivity index is 1.72. The number of hydrogen-bond donors (Lipinski definition) is 1. The second-order valence-electron chi connectivity index (χ2n) is 7.79. The largest absolute Gasteiger partial charge is 0.497 e. The Kier molecular flexibility index (Phi) is 6.94. The van der Waals surface area contributed by atoms with E-state index in [9.17, 15) is 9.59 Å². The van der Waals surface area contributed by atoms with Gasteiger partial charge in [-0.3, -0.25) is 9.59 Å². The van der Waals surface area contributed by atoms with Crippen molar-refractivity contribution in [3.8, 4) is 5.75 Å². The van der Waals surface area contributed by atoms with Gasteiger partial charge in [-0.2, -0.15) is 0 Å². The molecule has 28 heavy (non-hydrogen) atoms. The zero-order valence-electron chi connectivity index (χ0n) is 17.0. The van der Waals surface area contributed by atoms with Gasteiger partial charge in [0.25, 0.3) is 0 Å². The van der Waals surface area contributed by atoms with Gasteiger partial charge in [-0.05, 0) is 49.8 Å². The van der Waals surface area contributed by atoms with E-state index in [1.54, 1.807) is 12.0 Å². The van der Waals surface area contributed by atoms with E-state index in [0.29, 0.717) is 32.7 Å². The number of benzene rings is 1. The van der Waals surface area contributed by atoms with Crippen LogP contribution in [0.15, 0.2) is 24.3 Å². The van der Waals surface area contributed by atoms with Gasteiger partial charge in [0.05, 0.1) is 7.11 Å². The Morgan fingerprint density at radius 1 is 1.21 bits per heavy atom. The molecule has 0 radical (unpaired) electrons. The first-order valence-corrected chi connectivity index (χ1v) is 10.4. The zero-order chi connectivity index (χ0) is 20.0. The van der Waals surface area contributed by atoms with Crippen LogP contribution in [0.2, 0.25) is 0 Å². The molecule has 2 amide bonds. The summed E-state index contributed by atoms with van der Waals surface area (Å²) in [5.74, 6) is 0.864. The van der Waals surface area contributed by atoms with Crippen molar-refractivity contribution >= 4 is 11.8 Å². The molecule has 2 heterocycles. The minimum absolute atomic E-state index is 0.0270. The van der Waals surface area contributed by atoms with E-state index < -0.39 is 0 Å². The maximum atomic E-state index is 13.0. The van der Waals surface area contributed by atoms with Gasteiger partial charge in [0.15, 0.2) is 0 Å². The average molecular weight is 389 g/mol. The fourth-order valence-electron chi connectivity index (χ4n) is 4.35. The summed E-state index contributed by atoms with van der Waals surface area (Å²) in [6.45, 7) is 4.47. The summed E-state index contributed by atoms with van der Waals surface area (Å²) in [6, 6.07) is 7.77. The summed E-state index contributed by atoms with van der Waals surface area (Å²) < 4.78 is 10.9. The number of methoxy groups -OCH3 is 1. The number of amides is 2. The topological polar surface area (TPSA) is 67.9 Å². The molecule has 0 aliphatic carbocycles. The van der Waals surface area contributed by atoms with Crippen LogP contribution < -0.4 is 10.1 Å². The van der Waals surface area contributed by atoms with Crippen LogP contribution in [0.1, 0.15) is 51.0 Å². The summed E-state index contributed by atoms with van der Waals surface area (Å²) in [4.78, 5) is 27.0. The van der Waals surface area contributed by atoms with E-state index in [0.717, 1.165) is 37.9 Å². The number of carbonyl (C=O) groups excluding carboxylic acids is 2. The van der Waals surface area contributed by atoms with Gasteiger partial charge in [-0.25, -0.2) is 0 Å². The highest BCUT2D eigenvalue weighted by Crippen LogP contribution is 2.35. The highest BCUT2D eigenvalue weighted by molar-refractivity contribution is 5.87. The molecule has 0 aromatic heterocycles. The predicted molar refractivity (Wildman–Crippen MR) is 107 cm³/mol. The molecule has 2 aliphatic rings. The molecule has 1 unspecified atom stereocenters.